The molecule has 3 rings (SSSR count). The van der Waals surface area contributed by atoms with Crippen molar-refractivity contribution in [3.05, 3.63) is 38.9 Å². The highest BCUT2D eigenvalue weighted by molar-refractivity contribution is 5.88. The fourth-order valence-corrected chi connectivity index (χ4v) is 1.38. The molecule has 0 atom stereocenters. The van der Waals surface area contributed by atoms with Crippen molar-refractivity contribution in [2.24, 2.45) is 0 Å². The summed E-state index contributed by atoms with van der Waals surface area (Å²) < 4.78 is 0. The highest BCUT2D eigenvalue weighted by Gasteiger charge is 2.15. The maximum absolute atomic E-state index is 11.0. The van der Waals surface area contributed by atoms with E-state index in [0.29, 0.717) is 11.0 Å². The molecule has 0 saturated heterocycles. The minimum absolute atomic E-state index is 0.163. The van der Waals surface area contributed by atoms with Gasteiger partial charge in [-0.25, -0.2) is 9.97 Å². The Labute approximate surface area is 76.8 Å². The smallest absolute Gasteiger partial charge is 0.255 e. The van der Waals surface area contributed by atoms with E-state index in [1.54, 1.807) is 12.3 Å². The van der Waals surface area contributed by atoms with Crippen LogP contribution in [0.3, 0.4) is 0 Å². The first-order valence-corrected chi connectivity index (χ1v) is 3.98. The lowest BCUT2D eigenvalue weighted by Gasteiger charge is -1.99. The van der Waals surface area contributed by atoms with Crippen molar-refractivity contribution in [3.8, 4) is 0 Å². The summed E-state index contributed by atoms with van der Waals surface area (Å²) in [7, 11) is 0. The Balaban J connectivity index is 2.61. The third-order valence-corrected chi connectivity index (χ3v) is 2.10. The van der Waals surface area contributed by atoms with E-state index in [1.165, 1.54) is 6.20 Å². The van der Waals surface area contributed by atoms with Crippen LogP contribution in [0.5, 0.6) is 0 Å². The minimum atomic E-state index is -0.557. The Hall–Kier alpha value is -2.17. The van der Waals surface area contributed by atoms with Gasteiger partial charge in [-0.15, -0.1) is 0 Å². The number of hydrogen-bond donors (Lipinski definition) is 0. The first-order valence-electron chi connectivity index (χ1n) is 3.98. The predicted octanol–water partition coefficient (Wildman–Crippen LogP) is -0.226. The molecule has 0 radical (unpaired) electrons. The number of hydrogen-bond acceptors (Lipinski definition) is 5. The zero-order valence-corrected chi connectivity index (χ0v) is 6.89. The van der Waals surface area contributed by atoms with Gasteiger partial charge in [0.25, 0.3) is 10.9 Å². The van der Waals surface area contributed by atoms with Crippen LogP contribution in [-0.4, -0.2) is 15.0 Å². The molecule has 0 aliphatic heterocycles. The Morgan fingerprint density at radius 1 is 0.929 bits per heavy atom. The van der Waals surface area contributed by atoms with Crippen LogP contribution in [0.25, 0.3) is 22.1 Å². The average Bonchev–Trinajstić information content (AvgIpc) is 2.26. The molecule has 0 N–H and O–H groups in total. The van der Waals surface area contributed by atoms with Crippen molar-refractivity contribution in [2.45, 2.75) is 0 Å². The SMILES string of the molecule is O=c1c(=O)c2nc3cnccc3nc12. The minimum Gasteiger partial charge on any atom is -0.283 e. The summed E-state index contributed by atoms with van der Waals surface area (Å²) in [6.45, 7) is 0. The van der Waals surface area contributed by atoms with E-state index in [1.807, 2.05) is 0 Å². The maximum Gasteiger partial charge on any atom is 0.255 e. The summed E-state index contributed by atoms with van der Waals surface area (Å²) in [6, 6.07) is 1.65. The molecule has 2 heterocycles. The van der Waals surface area contributed by atoms with E-state index in [4.69, 9.17) is 0 Å². The van der Waals surface area contributed by atoms with Crippen molar-refractivity contribution in [3.63, 3.8) is 0 Å². The molecular formula is C9H3N3O2. The van der Waals surface area contributed by atoms with Gasteiger partial charge in [0, 0.05) is 6.20 Å². The first kappa shape index (κ1) is 7.25. The van der Waals surface area contributed by atoms with Crippen LogP contribution in [0.15, 0.2) is 28.0 Å². The van der Waals surface area contributed by atoms with Crippen LogP contribution in [0.2, 0.25) is 0 Å². The Kier molecular flexibility index (Phi) is 1.14. The van der Waals surface area contributed by atoms with Crippen LogP contribution in [0.1, 0.15) is 0 Å². The van der Waals surface area contributed by atoms with Gasteiger partial charge in [0.05, 0.1) is 11.7 Å². The molecular weight excluding hydrogens is 182 g/mol. The molecule has 14 heavy (non-hydrogen) atoms. The Bertz CT molecular complexity index is 663. The summed E-state index contributed by atoms with van der Waals surface area (Å²) in [5.41, 5.74) is 0.348. The molecule has 0 fully saturated rings. The topological polar surface area (TPSA) is 72.8 Å². The Morgan fingerprint density at radius 2 is 1.57 bits per heavy atom. The van der Waals surface area contributed by atoms with E-state index >= 15 is 0 Å². The summed E-state index contributed by atoms with van der Waals surface area (Å²) in [6.07, 6.45) is 3.08. The first-order chi connectivity index (χ1) is 6.77. The average molecular weight is 185 g/mol. The monoisotopic (exact) mass is 185 g/mol. The summed E-state index contributed by atoms with van der Waals surface area (Å²) in [5, 5.41) is 0. The van der Waals surface area contributed by atoms with Crippen molar-refractivity contribution in [1.29, 1.82) is 0 Å². The van der Waals surface area contributed by atoms with Gasteiger partial charge < -0.3 is 0 Å². The summed E-state index contributed by atoms with van der Waals surface area (Å²) in [4.78, 5) is 33.9. The molecule has 1 aromatic carbocycles. The molecule has 0 aliphatic rings. The number of fused-ring (bicyclic) bond motifs is 2. The standard InChI is InChI=1S/C9H3N3O2/c13-8-6-7(9(8)14)12-5-3-10-2-1-4(5)11-6/h1-3H. The van der Waals surface area contributed by atoms with Crippen LogP contribution >= 0.6 is 0 Å². The second-order valence-corrected chi connectivity index (χ2v) is 2.94. The van der Waals surface area contributed by atoms with E-state index < -0.39 is 10.9 Å². The highest BCUT2D eigenvalue weighted by atomic mass is 16.2. The molecule has 2 aromatic heterocycles. The lowest BCUT2D eigenvalue weighted by atomic mass is 10.2. The second-order valence-electron chi connectivity index (χ2n) is 2.94. The normalized spacial score (nSPS) is 11.4. The number of pyridine rings is 1. The Morgan fingerprint density at radius 3 is 2.29 bits per heavy atom. The molecule has 0 amide bonds. The van der Waals surface area contributed by atoms with E-state index in [0.717, 1.165) is 0 Å². The zero-order chi connectivity index (χ0) is 9.71. The van der Waals surface area contributed by atoms with E-state index in [2.05, 4.69) is 15.0 Å². The highest BCUT2D eigenvalue weighted by Crippen LogP contribution is 2.09. The molecule has 0 spiro atoms. The molecule has 5 nitrogen and oxygen atoms in total. The van der Waals surface area contributed by atoms with Gasteiger partial charge in [-0.3, -0.25) is 14.6 Å². The summed E-state index contributed by atoms with van der Waals surface area (Å²) in [5.74, 6) is 0. The van der Waals surface area contributed by atoms with Crippen LogP contribution in [-0.2, 0) is 0 Å². The quantitative estimate of drug-likeness (QED) is 0.452. The summed E-state index contributed by atoms with van der Waals surface area (Å²) >= 11 is 0. The number of aromatic nitrogens is 3. The maximum atomic E-state index is 11.0. The van der Waals surface area contributed by atoms with Crippen LogP contribution in [0.4, 0.5) is 0 Å². The molecule has 0 bridgehead atoms. The fraction of sp³-hybridized carbons (Fsp3) is 0. The molecule has 66 valence electrons. The largest absolute Gasteiger partial charge is 0.283 e. The number of rotatable bonds is 0. The van der Waals surface area contributed by atoms with Crippen LogP contribution < -0.4 is 10.9 Å². The lowest BCUT2D eigenvalue weighted by molar-refractivity contribution is 1.27. The van der Waals surface area contributed by atoms with Gasteiger partial charge in [-0.05, 0) is 6.07 Å². The van der Waals surface area contributed by atoms with Crippen molar-refractivity contribution >= 4 is 22.1 Å². The van der Waals surface area contributed by atoms with Crippen molar-refractivity contribution in [1.82, 2.24) is 15.0 Å². The van der Waals surface area contributed by atoms with Gasteiger partial charge in [-0.2, -0.15) is 0 Å². The molecule has 3 aromatic rings. The zero-order valence-electron chi connectivity index (χ0n) is 6.89. The molecule has 5 heteroatoms. The van der Waals surface area contributed by atoms with Gasteiger partial charge in [0.1, 0.15) is 16.6 Å². The molecule has 0 aliphatic carbocycles. The third-order valence-electron chi connectivity index (χ3n) is 2.10. The second kappa shape index (κ2) is 2.20. The van der Waals surface area contributed by atoms with E-state index in [9.17, 15) is 9.59 Å². The molecule has 0 unspecified atom stereocenters. The fourth-order valence-electron chi connectivity index (χ4n) is 1.38. The van der Waals surface area contributed by atoms with E-state index in [-0.39, 0.29) is 11.0 Å². The van der Waals surface area contributed by atoms with Crippen molar-refractivity contribution in [2.75, 3.05) is 0 Å². The van der Waals surface area contributed by atoms with Gasteiger partial charge in [0.15, 0.2) is 0 Å². The molecule has 0 saturated carbocycles. The number of nitrogens with zero attached hydrogens (tertiary/aromatic N) is 3. The van der Waals surface area contributed by atoms with Crippen molar-refractivity contribution < 1.29 is 0 Å². The van der Waals surface area contributed by atoms with Crippen LogP contribution in [0, 0.1) is 0 Å². The predicted molar refractivity (Wildman–Crippen MR) is 49.8 cm³/mol. The lowest BCUT2D eigenvalue weighted by Crippen LogP contribution is -2.32. The van der Waals surface area contributed by atoms with Gasteiger partial charge in [-0.1, -0.05) is 0 Å². The third kappa shape index (κ3) is 0.711. The van der Waals surface area contributed by atoms with Gasteiger partial charge in [0.2, 0.25) is 0 Å². The van der Waals surface area contributed by atoms with Gasteiger partial charge >= 0.3 is 0 Å².